The van der Waals surface area contributed by atoms with Crippen molar-refractivity contribution in [2.24, 2.45) is 7.05 Å². The molecule has 1 aromatic heterocycles. The van der Waals surface area contributed by atoms with Crippen molar-refractivity contribution in [3.8, 4) is 0 Å². The lowest BCUT2D eigenvalue weighted by Gasteiger charge is -2.29. The molecule has 0 spiro atoms. The summed E-state index contributed by atoms with van der Waals surface area (Å²) in [7, 11) is 3.86. The van der Waals surface area contributed by atoms with Crippen LogP contribution in [0.25, 0.3) is 0 Å². The third-order valence-corrected chi connectivity index (χ3v) is 5.33. The highest BCUT2D eigenvalue weighted by atomic mass is 16.5. The van der Waals surface area contributed by atoms with Gasteiger partial charge in [-0.2, -0.15) is 5.10 Å². The molecule has 0 bridgehead atoms. The largest absolute Gasteiger partial charge is 0.377 e. The van der Waals surface area contributed by atoms with Gasteiger partial charge in [-0.1, -0.05) is 0 Å². The number of hydrogen-bond donors (Lipinski definition) is 1. The molecule has 2 aliphatic heterocycles. The van der Waals surface area contributed by atoms with E-state index in [0.717, 1.165) is 37.4 Å². The van der Waals surface area contributed by atoms with E-state index in [2.05, 4.69) is 17.3 Å². The summed E-state index contributed by atoms with van der Waals surface area (Å²) in [6.45, 7) is 5.79. The molecule has 0 unspecified atom stereocenters. The van der Waals surface area contributed by atoms with E-state index in [0.29, 0.717) is 6.42 Å². The van der Waals surface area contributed by atoms with E-state index in [1.165, 1.54) is 12.0 Å². The Labute approximate surface area is 138 Å². The molecular weight excluding hydrogens is 292 g/mol. The number of carbonyl (C=O) groups excluding carboxylic acids is 1. The van der Waals surface area contributed by atoms with Crippen LogP contribution in [0.4, 0.5) is 0 Å². The summed E-state index contributed by atoms with van der Waals surface area (Å²) in [5.41, 5.74) is 3.33. The molecule has 0 aliphatic carbocycles. The molecule has 1 N–H and O–H groups in total. The minimum absolute atomic E-state index is 0.0554. The van der Waals surface area contributed by atoms with Crippen molar-refractivity contribution in [2.75, 3.05) is 20.2 Å². The van der Waals surface area contributed by atoms with Gasteiger partial charge in [-0.25, -0.2) is 0 Å². The van der Waals surface area contributed by atoms with E-state index in [1.54, 1.807) is 0 Å². The normalized spacial score (nSPS) is 28.6. The predicted molar refractivity (Wildman–Crippen MR) is 88.2 cm³/mol. The molecule has 1 aromatic rings. The summed E-state index contributed by atoms with van der Waals surface area (Å²) < 4.78 is 7.71. The maximum atomic E-state index is 12.3. The number of carbonyl (C=O) groups is 1. The van der Waals surface area contributed by atoms with E-state index in [4.69, 9.17) is 4.74 Å². The van der Waals surface area contributed by atoms with E-state index in [1.807, 2.05) is 30.6 Å². The van der Waals surface area contributed by atoms with Gasteiger partial charge in [0.2, 0.25) is 5.91 Å². The zero-order chi connectivity index (χ0) is 16.6. The number of nitrogens with zero attached hydrogens (tertiary/aromatic N) is 3. The quantitative estimate of drug-likeness (QED) is 0.913. The molecule has 2 saturated heterocycles. The maximum Gasteiger partial charge on any atom is 0.224 e. The van der Waals surface area contributed by atoms with Crippen molar-refractivity contribution < 1.29 is 9.53 Å². The van der Waals surface area contributed by atoms with Crippen molar-refractivity contribution in [3.05, 3.63) is 17.0 Å². The minimum Gasteiger partial charge on any atom is -0.377 e. The smallest absolute Gasteiger partial charge is 0.224 e. The number of likely N-dealkylation sites (N-methyl/N-ethyl adjacent to an activating group) is 1. The summed E-state index contributed by atoms with van der Waals surface area (Å²) in [5.74, 6) is 0.194. The highest BCUT2D eigenvalue weighted by Gasteiger charge is 2.41. The van der Waals surface area contributed by atoms with Gasteiger partial charge in [-0.15, -0.1) is 0 Å². The first-order valence-electron chi connectivity index (χ1n) is 8.59. The summed E-state index contributed by atoms with van der Waals surface area (Å²) >= 11 is 0. The number of aryl methyl sites for hydroxylation is 2. The van der Waals surface area contributed by atoms with Gasteiger partial charge in [-0.3, -0.25) is 9.48 Å². The lowest BCUT2D eigenvalue weighted by atomic mass is 9.98. The van der Waals surface area contributed by atoms with Gasteiger partial charge in [0.1, 0.15) is 0 Å². The van der Waals surface area contributed by atoms with E-state index in [-0.39, 0.29) is 24.1 Å². The number of likely N-dealkylation sites (tertiary alicyclic amines) is 1. The first-order chi connectivity index (χ1) is 11.0. The highest BCUT2D eigenvalue weighted by molar-refractivity contribution is 5.80. The van der Waals surface area contributed by atoms with Gasteiger partial charge < -0.3 is 15.0 Å². The van der Waals surface area contributed by atoms with E-state index < -0.39 is 0 Å². The van der Waals surface area contributed by atoms with Crippen LogP contribution >= 0.6 is 0 Å². The third-order valence-electron chi connectivity index (χ3n) is 5.33. The fourth-order valence-corrected chi connectivity index (χ4v) is 3.92. The summed E-state index contributed by atoms with van der Waals surface area (Å²) in [6.07, 6.45) is 4.33. The molecular formula is C17H28N4O2. The standard InChI is InChI=1S/C17H28N4O2/c1-11-16(12(2)21(4)19-11)17-14(9-15(22)20(17)3)18-10-13-7-5-6-8-23-13/h13-14,17-18H,5-10H2,1-4H3/t13-,14+,17+/m0/s1. The zero-order valence-corrected chi connectivity index (χ0v) is 14.6. The molecule has 3 rings (SSSR count). The van der Waals surface area contributed by atoms with Crippen LogP contribution in [0.1, 0.15) is 48.7 Å². The molecule has 3 heterocycles. The van der Waals surface area contributed by atoms with Crippen LogP contribution in [0.3, 0.4) is 0 Å². The summed E-state index contributed by atoms with van der Waals surface area (Å²) in [5, 5.41) is 8.13. The Bertz CT molecular complexity index is 577. The average molecular weight is 320 g/mol. The number of nitrogens with one attached hydrogen (secondary N) is 1. The van der Waals surface area contributed by atoms with Crippen molar-refractivity contribution in [1.82, 2.24) is 20.0 Å². The first kappa shape index (κ1) is 16.5. The fourth-order valence-electron chi connectivity index (χ4n) is 3.92. The van der Waals surface area contributed by atoms with Crippen molar-refractivity contribution in [2.45, 2.75) is 57.7 Å². The van der Waals surface area contributed by atoms with Gasteiger partial charge in [0.25, 0.3) is 0 Å². The molecule has 1 amide bonds. The Morgan fingerprint density at radius 3 is 2.70 bits per heavy atom. The maximum absolute atomic E-state index is 12.3. The van der Waals surface area contributed by atoms with Crippen LogP contribution < -0.4 is 5.32 Å². The lowest BCUT2D eigenvalue weighted by molar-refractivity contribution is -0.127. The summed E-state index contributed by atoms with van der Waals surface area (Å²) in [4.78, 5) is 14.1. The van der Waals surface area contributed by atoms with E-state index in [9.17, 15) is 4.79 Å². The van der Waals surface area contributed by atoms with Crippen molar-refractivity contribution in [3.63, 3.8) is 0 Å². The number of aromatic nitrogens is 2. The molecule has 128 valence electrons. The molecule has 23 heavy (non-hydrogen) atoms. The lowest BCUT2D eigenvalue weighted by Crippen LogP contribution is -2.41. The van der Waals surface area contributed by atoms with Crippen LogP contribution in [0.5, 0.6) is 0 Å². The Morgan fingerprint density at radius 1 is 1.30 bits per heavy atom. The van der Waals surface area contributed by atoms with Crippen LogP contribution in [0, 0.1) is 13.8 Å². The second-order valence-electron chi connectivity index (χ2n) is 6.87. The Kier molecular flexibility index (Phi) is 4.73. The molecule has 3 atom stereocenters. The van der Waals surface area contributed by atoms with Crippen LogP contribution in [-0.2, 0) is 16.6 Å². The van der Waals surface area contributed by atoms with Gasteiger partial charge in [0.05, 0.1) is 17.8 Å². The van der Waals surface area contributed by atoms with Gasteiger partial charge >= 0.3 is 0 Å². The van der Waals surface area contributed by atoms with Crippen LogP contribution in [0.2, 0.25) is 0 Å². The molecule has 0 aromatic carbocycles. The Balaban J connectivity index is 1.76. The zero-order valence-electron chi connectivity index (χ0n) is 14.6. The number of hydrogen-bond acceptors (Lipinski definition) is 4. The third kappa shape index (κ3) is 3.15. The highest BCUT2D eigenvalue weighted by Crippen LogP contribution is 2.35. The second kappa shape index (κ2) is 6.61. The topological polar surface area (TPSA) is 59.4 Å². The van der Waals surface area contributed by atoms with Crippen LogP contribution in [0.15, 0.2) is 0 Å². The first-order valence-corrected chi connectivity index (χ1v) is 8.59. The molecule has 6 heteroatoms. The molecule has 0 saturated carbocycles. The number of ether oxygens (including phenoxy) is 1. The van der Waals surface area contributed by atoms with Crippen molar-refractivity contribution in [1.29, 1.82) is 0 Å². The predicted octanol–water partition coefficient (Wildman–Crippen LogP) is 1.47. The number of rotatable bonds is 4. The van der Waals surface area contributed by atoms with Crippen LogP contribution in [-0.4, -0.2) is 52.9 Å². The second-order valence-corrected chi connectivity index (χ2v) is 6.87. The fraction of sp³-hybridized carbons (Fsp3) is 0.765. The SMILES string of the molecule is Cc1nn(C)c(C)c1[C@H]1[C@H](NC[C@@H]2CCCCO2)CC(=O)N1C. The van der Waals surface area contributed by atoms with Gasteiger partial charge in [0.15, 0.2) is 0 Å². The Hall–Kier alpha value is -1.40. The van der Waals surface area contributed by atoms with Gasteiger partial charge in [-0.05, 0) is 33.1 Å². The number of amides is 1. The minimum atomic E-state index is 0.0554. The molecule has 2 aliphatic rings. The van der Waals surface area contributed by atoms with Crippen molar-refractivity contribution >= 4 is 5.91 Å². The molecule has 2 fully saturated rings. The monoisotopic (exact) mass is 320 g/mol. The molecule has 0 radical (unpaired) electrons. The van der Waals surface area contributed by atoms with E-state index >= 15 is 0 Å². The Morgan fingerprint density at radius 2 is 2.09 bits per heavy atom. The van der Waals surface area contributed by atoms with Gasteiger partial charge in [0, 0.05) is 51.0 Å². The summed E-state index contributed by atoms with van der Waals surface area (Å²) in [6, 6.07) is 0.180. The molecule has 6 nitrogen and oxygen atoms in total. The average Bonchev–Trinajstić information content (AvgIpc) is 2.95.